The molecule has 2 N–H and O–H groups in total. The molecule has 0 fully saturated rings. The molecule has 5 rings (SSSR count). The molecule has 9 heteroatoms. The van der Waals surface area contributed by atoms with E-state index in [1.807, 2.05) is 17.5 Å². The van der Waals surface area contributed by atoms with Gasteiger partial charge < -0.3 is 10.3 Å². The Morgan fingerprint density at radius 2 is 1.97 bits per heavy atom. The summed E-state index contributed by atoms with van der Waals surface area (Å²) in [6.45, 7) is 1.62. The standard InChI is InChI=1S/C23H16FN5O2S/c1-13-11-19(30)21(28-29(13)18-6-3-2-5-15(18)24)23(31)25-14-8-9-16-17(12-14)27-22(26-16)20-7-4-10-32-20/h2-12H,1H3,(H,25,31)(H,26,27). The van der Waals surface area contributed by atoms with Crippen molar-refractivity contribution in [3.63, 3.8) is 0 Å². The fraction of sp³-hybridized carbons (Fsp3) is 0.0435. The van der Waals surface area contributed by atoms with Gasteiger partial charge in [-0.05, 0) is 48.7 Å². The molecule has 0 aliphatic carbocycles. The lowest BCUT2D eigenvalue weighted by Crippen LogP contribution is -2.27. The largest absolute Gasteiger partial charge is 0.337 e. The van der Waals surface area contributed by atoms with Crippen LogP contribution in [0.15, 0.2) is 70.8 Å². The molecule has 5 aromatic rings. The van der Waals surface area contributed by atoms with Gasteiger partial charge in [-0.2, -0.15) is 5.10 Å². The first-order valence-corrected chi connectivity index (χ1v) is 10.6. The Morgan fingerprint density at radius 3 is 2.75 bits per heavy atom. The highest BCUT2D eigenvalue weighted by Crippen LogP contribution is 2.26. The van der Waals surface area contributed by atoms with Crippen LogP contribution in [0.5, 0.6) is 0 Å². The Hall–Kier alpha value is -4.11. The van der Waals surface area contributed by atoms with Crippen molar-refractivity contribution < 1.29 is 9.18 Å². The number of carbonyl (C=O) groups excluding carboxylic acids is 1. The van der Waals surface area contributed by atoms with Gasteiger partial charge in [0.25, 0.3) is 5.91 Å². The number of amides is 1. The van der Waals surface area contributed by atoms with Gasteiger partial charge in [-0.3, -0.25) is 9.59 Å². The van der Waals surface area contributed by atoms with Crippen molar-refractivity contribution in [2.45, 2.75) is 6.92 Å². The second-order valence-corrected chi connectivity index (χ2v) is 8.06. The van der Waals surface area contributed by atoms with Crippen molar-refractivity contribution in [3.05, 3.63) is 93.5 Å². The van der Waals surface area contributed by atoms with Crippen molar-refractivity contribution in [1.29, 1.82) is 0 Å². The van der Waals surface area contributed by atoms with E-state index in [1.165, 1.54) is 22.9 Å². The third-order valence-electron chi connectivity index (χ3n) is 4.90. The zero-order valence-electron chi connectivity index (χ0n) is 16.8. The van der Waals surface area contributed by atoms with Crippen LogP contribution in [0.4, 0.5) is 10.1 Å². The van der Waals surface area contributed by atoms with Crippen LogP contribution in [-0.4, -0.2) is 25.7 Å². The van der Waals surface area contributed by atoms with Gasteiger partial charge in [0.1, 0.15) is 17.3 Å². The van der Waals surface area contributed by atoms with Gasteiger partial charge in [0.05, 0.1) is 15.9 Å². The molecule has 32 heavy (non-hydrogen) atoms. The average Bonchev–Trinajstić information content (AvgIpc) is 3.44. The number of halogens is 1. The van der Waals surface area contributed by atoms with Crippen molar-refractivity contribution in [1.82, 2.24) is 19.7 Å². The minimum Gasteiger partial charge on any atom is -0.337 e. The first-order chi connectivity index (χ1) is 15.5. The summed E-state index contributed by atoms with van der Waals surface area (Å²) in [5, 5.41) is 8.80. The molecule has 0 spiro atoms. The fourth-order valence-electron chi connectivity index (χ4n) is 3.38. The van der Waals surface area contributed by atoms with Gasteiger partial charge in [-0.25, -0.2) is 14.1 Å². The molecule has 3 aromatic heterocycles. The van der Waals surface area contributed by atoms with Crippen molar-refractivity contribution in [2.24, 2.45) is 0 Å². The molecular formula is C23H16FN5O2S. The molecule has 158 valence electrons. The van der Waals surface area contributed by atoms with Crippen LogP contribution < -0.4 is 10.7 Å². The fourth-order valence-corrected chi connectivity index (χ4v) is 4.05. The van der Waals surface area contributed by atoms with E-state index in [4.69, 9.17) is 0 Å². The molecular weight excluding hydrogens is 429 g/mol. The maximum absolute atomic E-state index is 14.2. The molecule has 0 aliphatic rings. The van der Waals surface area contributed by atoms with E-state index in [-0.39, 0.29) is 11.4 Å². The number of benzene rings is 2. The zero-order valence-corrected chi connectivity index (χ0v) is 17.6. The molecule has 7 nitrogen and oxygen atoms in total. The summed E-state index contributed by atoms with van der Waals surface area (Å²) in [6, 6.07) is 16.4. The lowest BCUT2D eigenvalue weighted by molar-refractivity contribution is 0.101. The van der Waals surface area contributed by atoms with Gasteiger partial charge in [0.15, 0.2) is 5.69 Å². The number of anilines is 1. The molecule has 0 aliphatic heterocycles. The number of nitrogens with zero attached hydrogens (tertiary/aromatic N) is 3. The third-order valence-corrected chi connectivity index (χ3v) is 5.77. The summed E-state index contributed by atoms with van der Waals surface area (Å²) in [4.78, 5) is 34.1. The molecule has 0 radical (unpaired) electrons. The summed E-state index contributed by atoms with van der Waals surface area (Å²) in [5.74, 6) is -0.451. The van der Waals surface area contributed by atoms with E-state index < -0.39 is 17.2 Å². The number of aromatic nitrogens is 4. The monoisotopic (exact) mass is 445 g/mol. The molecule has 0 saturated heterocycles. The number of imidazole rings is 1. The van der Waals surface area contributed by atoms with E-state index >= 15 is 0 Å². The predicted octanol–water partition coefficient (Wildman–Crippen LogP) is 4.54. The minimum absolute atomic E-state index is 0.152. The number of nitrogens with one attached hydrogen (secondary N) is 2. The summed E-state index contributed by atoms with van der Waals surface area (Å²) in [5.41, 5.74) is 1.66. The average molecular weight is 445 g/mol. The van der Waals surface area contributed by atoms with E-state index in [2.05, 4.69) is 20.4 Å². The van der Waals surface area contributed by atoms with E-state index in [0.29, 0.717) is 11.4 Å². The number of rotatable bonds is 4. The van der Waals surface area contributed by atoms with Gasteiger partial charge in [0.2, 0.25) is 5.43 Å². The number of thiophene rings is 1. The van der Waals surface area contributed by atoms with Crippen LogP contribution in [-0.2, 0) is 0 Å². The van der Waals surface area contributed by atoms with Gasteiger partial charge >= 0.3 is 0 Å². The van der Waals surface area contributed by atoms with Crippen LogP contribution >= 0.6 is 11.3 Å². The number of carbonyl (C=O) groups is 1. The maximum atomic E-state index is 14.2. The number of H-pyrrole nitrogens is 1. The number of fused-ring (bicyclic) bond motifs is 1. The first-order valence-electron chi connectivity index (χ1n) is 9.70. The molecule has 1 amide bonds. The number of para-hydroxylation sites is 1. The summed E-state index contributed by atoms with van der Waals surface area (Å²) in [6.07, 6.45) is 0. The second kappa shape index (κ2) is 7.86. The highest BCUT2D eigenvalue weighted by atomic mass is 32.1. The molecule has 3 heterocycles. The molecule has 2 aromatic carbocycles. The summed E-state index contributed by atoms with van der Waals surface area (Å²) < 4.78 is 15.5. The predicted molar refractivity (Wildman–Crippen MR) is 122 cm³/mol. The highest BCUT2D eigenvalue weighted by Gasteiger charge is 2.17. The van der Waals surface area contributed by atoms with Crippen LogP contribution in [0.3, 0.4) is 0 Å². The summed E-state index contributed by atoms with van der Waals surface area (Å²) >= 11 is 1.57. The molecule has 0 saturated carbocycles. The lowest BCUT2D eigenvalue weighted by Gasteiger charge is -2.12. The van der Waals surface area contributed by atoms with Crippen LogP contribution in [0.1, 0.15) is 16.2 Å². The molecule has 0 atom stereocenters. The van der Waals surface area contributed by atoms with E-state index in [1.54, 1.807) is 48.6 Å². The van der Waals surface area contributed by atoms with Crippen LogP contribution in [0, 0.1) is 12.7 Å². The zero-order chi connectivity index (χ0) is 22.2. The quantitative estimate of drug-likeness (QED) is 0.425. The van der Waals surface area contributed by atoms with Crippen molar-refractivity contribution in [3.8, 4) is 16.4 Å². The van der Waals surface area contributed by atoms with E-state index in [0.717, 1.165) is 21.7 Å². The van der Waals surface area contributed by atoms with Gasteiger partial charge in [0, 0.05) is 17.4 Å². The highest BCUT2D eigenvalue weighted by molar-refractivity contribution is 7.13. The second-order valence-electron chi connectivity index (χ2n) is 7.11. The van der Waals surface area contributed by atoms with Crippen molar-refractivity contribution in [2.75, 3.05) is 5.32 Å². The third kappa shape index (κ3) is 3.58. The Kier molecular flexibility index (Phi) is 4.87. The number of hydrogen-bond acceptors (Lipinski definition) is 5. The normalized spacial score (nSPS) is 11.1. The van der Waals surface area contributed by atoms with Crippen LogP contribution in [0.2, 0.25) is 0 Å². The Bertz CT molecular complexity index is 1520. The number of aryl methyl sites for hydroxylation is 1. The Labute approximate surface area is 185 Å². The van der Waals surface area contributed by atoms with E-state index in [9.17, 15) is 14.0 Å². The topological polar surface area (TPSA) is 92.7 Å². The van der Waals surface area contributed by atoms with Crippen LogP contribution in [0.25, 0.3) is 27.4 Å². The minimum atomic E-state index is -0.683. The summed E-state index contributed by atoms with van der Waals surface area (Å²) in [7, 11) is 0. The lowest BCUT2D eigenvalue weighted by atomic mass is 10.2. The Balaban J connectivity index is 1.47. The maximum Gasteiger partial charge on any atom is 0.280 e. The molecule has 0 bridgehead atoms. The number of hydrogen-bond donors (Lipinski definition) is 2. The van der Waals surface area contributed by atoms with Crippen molar-refractivity contribution >= 4 is 34.0 Å². The first kappa shape index (κ1) is 19.8. The van der Waals surface area contributed by atoms with Gasteiger partial charge in [-0.15, -0.1) is 11.3 Å². The SMILES string of the molecule is Cc1cc(=O)c(C(=O)Nc2ccc3nc(-c4cccs4)[nH]c3c2)nn1-c1ccccc1F. The number of aromatic amines is 1. The van der Waals surface area contributed by atoms with Gasteiger partial charge in [-0.1, -0.05) is 18.2 Å². The Morgan fingerprint density at radius 1 is 1.12 bits per heavy atom. The molecule has 0 unspecified atom stereocenters. The smallest absolute Gasteiger partial charge is 0.280 e.